The number of furan rings is 1. The van der Waals surface area contributed by atoms with Gasteiger partial charge in [-0.05, 0) is 41.6 Å². The van der Waals surface area contributed by atoms with E-state index in [1.165, 1.54) is 11.1 Å². The van der Waals surface area contributed by atoms with Crippen LogP contribution in [0.4, 0.5) is 0 Å². The lowest BCUT2D eigenvalue weighted by Crippen LogP contribution is -2.48. The molecule has 1 aromatic carbocycles. The molecular weight excluding hydrogens is 340 g/mol. The number of aromatic nitrogens is 4. The molecule has 1 unspecified atom stereocenters. The number of nitrogens with zero attached hydrogens (tertiary/aromatic N) is 6. The van der Waals surface area contributed by atoms with Crippen molar-refractivity contribution in [3.8, 4) is 0 Å². The van der Waals surface area contributed by atoms with Gasteiger partial charge in [0.25, 0.3) is 0 Å². The maximum atomic E-state index is 5.50. The van der Waals surface area contributed by atoms with Gasteiger partial charge >= 0.3 is 0 Å². The van der Waals surface area contributed by atoms with E-state index < -0.39 is 0 Å². The summed E-state index contributed by atoms with van der Waals surface area (Å²) in [4.78, 5) is 4.97. The molecule has 142 valence electrons. The first-order valence-corrected chi connectivity index (χ1v) is 9.56. The van der Waals surface area contributed by atoms with Gasteiger partial charge in [-0.2, -0.15) is 0 Å². The van der Waals surface area contributed by atoms with Crippen molar-refractivity contribution in [1.29, 1.82) is 0 Å². The lowest BCUT2D eigenvalue weighted by atomic mass is 10.0. The summed E-state index contributed by atoms with van der Waals surface area (Å²) in [6.07, 6.45) is 1.68. The van der Waals surface area contributed by atoms with Gasteiger partial charge in [0.1, 0.15) is 12.3 Å². The van der Waals surface area contributed by atoms with Gasteiger partial charge in [-0.3, -0.25) is 4.90 Å². The van der Waals surface area contributed by atoms with Crippen molar-refractivity contribution in [1.82, 2.24) is 30.0 Å². The van der Waals surface area contributed by atoms with Crippen LogP contribution in [-0.2, 0) is 6.54 Å². The molecule has 7 nitrogen and oxygen atoms in total. The van der Waals surface area contributed by atoms with Gasteiger partial charge in [0.2, 0.25) is 0 Å². The summed E-state index contributed by atoms with van der Waals surface area (Å²) in [6.45, 7) is 10.1. The van der Waals surface area contributed by atoms with E-state index in [0.717, 1.165) is 44.3 Å². The molecule has 4 rings (SSSR count). The molecule has 1 atom stereocenters. The number of hydrogen-bond donors (Lipinski definition) is 0. The number of rotatable bonds is 6. The topological polar surface area (TPSA) is 63.2 Å². The highest BCUT2D eigenvalue weighted by Gasteiger charge is 2.30. The van der Waals surface area contributed by atoms with Crippen LogP contribution >= 0.6 is 0 Å². The molecular formula is C20H26N6O. The number of hydrogen-bond acceptors (Lipinski definition) is 6. The van der Waals surface area contributed by atoms with Crippen LogP contribution in [0.3, 0.4) is 0 Å². The summed E-state index contributed by atoms with van der Waals surface area (Å²) in [5.74, 6) is 1.71. The van der Waals surface area contributed by atoms with Gasteiger partial charge in [-0.15, -0.1) is 5.10 Å². The van der Waals surface area contributed by atoms with Crippen molar-refractivity contribution in [2.75, 3.05) is 32.7 Å². The Labute approximate surface area is 159 Å². The van der Waals surface area contributed by atoms with Crippen molar-refractivity contribution in [3.05, 3.63) is 65.4 Å². The van der Waals surface area contributed by atoms with Crippen LogP contribution in [0.5, 0.6) is 0 Å². The van der Waals surface area contributed by atoms with E-state index in [1.54, 1.807) is 6.26 Å². The quantitative estimate of drug-likeness (QED) is 0.667. The first-order valence-electron chi connectivity index (χ1n) is 9.56. The van der Waals surface area contributed by atoms with Gasteiger partial charge in [-0.1, -0.05) is 36.8 Å². The van der Waals surface area contributed by atoms with Gasteiger partial charge in [-0.25, -0.2) is 4.68 Å². The average Bonchev–Trinajstić information content (AvgIpc) is 3.37. The first-order chi connectivity index (χ1) is 13.2. The van der Waals surface area contributed by atoms with Crippen molar-refractivity contribution >= 4 is 0 Å². The molecule has 1 fully saturated rings. The monoisotopic (exact) mass is 366 g/mol. The highest BCUT2D eigenvalue weighted by molar-refractivity contribution is 5.28. The second-order valence-corrected chi connectivity index (χ2v) is 7.06. The van der Waals surface area contributed by atoms with Crippen LogP contribution in [0.2, 0.25) is 0 Å². The molecule has 1 aliphatic heterocycles. The van der Waals surface area contributed by atoms with E-state index in [2.05, 4.69) is 63.4 Å². The molecule has 1 saturated heterocycles. The van der Waals surface area contributed by atoms with Crippen molar-refractivity contribution in [3.63, 3.8) is 0 Å². The summed E-state index contributed by atoms with van der Waals surface area (Å²) in [5, 5.41) is 12.6. The molecule has 7 heteroatoms. The van der Waals surface area contributed by atoms with Crippen molar-refractivity contribution in [2.45, 2.75) is 26.4 Å². The van der Waals surface area contributed by atoms with Gasteiger partial charge in [0, 0.05) is 26.2 Å². The second-order valence-electron chi connectivity index (χ2n) is 7.06. The fourth-order valence-corrected chi connectivity index (χ4v) is 3.68. The Morgan fingerprint density at radius 2 is 1.85 bits per heavy atom. The average molecular weight is 366 g/mol. The fraction of sp³-hybridized carbons (Fsp3) is 0.450. The molecule has 3 heterocycles. The van der Waals surface area contributed by atoms with E-state index in [0.29, 0.717) is 6.54 Å². The number of piperazine rings is 1. The first kappa shape index (κ1) is 17.9. The van der Waals surface area contributed by atoms with Crippen LogP contribution in [-0.4, -0.2) is 62.7 Å². The van der Waals surface area contributed by atoms with Gasteiger partial charge < -0.3 is 9.32 Å². The number of aryl methyl sites for hydroxylation is 1. The minimum Gasteiger partial charge on any atom is -0.467 e. The third-order valence-electron chi connectivity index (χ3n) is 5.30. The predicted molar refractivity (Wildman–Crippen MR) is 102 cm³/mol. The van der Waals surface area contributed by atoms with Gasteiger partial charge in [0.15, 0.2) is 5.82 Å². The molecule has 0 bridgehead atoms. The zero-order valence-electron chi connectivity index (χ0n) is 16.0. The van der Waals surface area contributed by atoms with E-state index in [-0.39, 0.29) is 6.04 Å². The van der Waals surface area contributed by atoms with E-state index >= 15 is 0 Å². The Kier molecular flexibility index (Phi) is 5.31. The predicted octanol–water partition coefficient (Wildman–Crippen LogP) is 2.35. The number of tetrazole rings is 1. The Morgan fingerprint density at radius 3 is 2.52 bits per heavy atom. The molecule has 0 spiro atoms. The van der Waals surface area contributed by atoms with Gasteiger partial charge in [0.05, 0.1) is 12.3 Å². The van der Waals surface area contributed by atoms with E-state index in [9.17, 15) is 0 Å². The molecule has 1 aliphatic rings. The van der Waals surface area contributed by atoms with Crippen molar-refractivity contribution < 1.29 is 4.42 Å². The normalized spacial score (nSPS) is 17.3. The molecule has 0 amide bonds. The minimum atomic E-state index is 0.0366. The third kappa shape index (κ3) is 3.94. The summed E-state index contributed by atoms with van der Waals surface area (Å²) in [7, 11) is 0. The SMILES string of the molecule is CCN1CCN(C(c2ccc(C)cc2)c2nnnn2Cc2ccco2)CC1. The van der Waals surface area contributed by atoms with Crippen molar-refractivity contribution in [2.24, 2.45) is 0 Å². The summed E-state index contributed by atoms with van der Waals surface area (Å²) >= 11 is 0. The van der Waals surface area contributed by atoms with E-state index in [1.807, 2.05) is 16.8 Å². The second kappa shape index (κ2) is 8.02. The zero-order valence-corrected chi connectivity index (χ0v) is 16.0. The highest BCUT2D eigenvalue weighted by Crippen LogP contribution is 2.28. The highest BCUT2D eigenvalue weighted by atomic mass is 16.3. The van der Waals surface area contributed by atoms with Crippen LogP contribution in [0.15, 0.2) is 47.1 Å². The summed E-state index contributed by atoms with van der Waals surface area (Å²) in [6, 6.07) is 12.6. The maximum absolute atomic E-state index is 5.50. The summed E-state index contributed by atoms with van der Waals surface area (Å²) in [5.41, 5.74) is 2.48. The molecule has 0 radical (unpaired) electrons. The van der Waals surface area contributed by atoms with Crippen LogP contribution < -0.4 is 0 Å². The fourth-order valence-electron chi connectivity index (χ4n) is 3.68. The van der Waals surface area contributed by atoms with E-state index in [4.69, 9.17) is 4.42 Å². The molecule has 0 saturated carbocycles. The largest absolute Gasteiger partial charge is 0.467 e. The van der Waals surface area contributed by atoms with Crippen LogP contribution in [0.25, 0.3) is 0 Å². The molecule has 27 heavy (non-hydrogen) atoms. The number of likely N-dealkylation sites (N-methyl/N-ethyl adjacent to an activating group) is 1. The third-order valence-corrected chi connectivity index (χ3v) is 5.30. The minimum absolute atomic E-state index is 0.0366. The Hall–Kier alpha value is -2.51. The number of benzene rings is 1. The Morgan fingerprint density at radius 1 is 1.07 bits per heavy atom. The smallest absolute Gasteiger partial charge is 0.173 e. The van der Waals surface area contributed by atoms with Crippen LogP contribution in [0, 0.1) is 6.92 Å². The molecule has 0 N–H and O–H groups in total. The molecule has 2 aromatic heterocycles. The van der Waals surface area contributed by atoms with Crippen LogP contribution in [0.1, 0.15) is 35.7 Å². The maximum Gasteiger partial charge on any atom is 0.173 e. The zero-order chi connectivity index (χ0) is 18.6. The lowest BCUT2D eigenvalue weighted by Gasteiger charge is -2.38. The summed E-state index contributed by atoms with van der Waals surface area (Å²) < 4.78 is 7.36. The lowest BCUT2D eigenvalue weighted by molar-refractivity contribution is 0.108. The Balaban J connectivity index is 1.66. The molecule has 0 aliphatic carbocycles. The standard InChI is InChI=1S/C20H26N6O/c1-3-24-10-12-25(13-11-24)19(17-8-6-16(2)7-9-17)20-21-22-23-26(20)15-18-5-4-14-27-18/h4-9,14,19H,3,10-13,15H2,1-2H3. The molecule has 3 aromatic rings. The Bertz CT molecular complexity index is 834.